The van der Waals surface area contributed by atoms with E-state index in [9.17, 15) is 18.0 Å². The zero-order valence-corrected chi connectivity index (χ0v) is 17.6. The Morgan fingerprint density at radius 3 is 2.17 bits per heavy atom. The zero-order chi connectivity index (χ0) is 21.4. The summed E-state index contributed by atoms with van der Waals surface area (Å²) in [6.07, 6.45) is 0.724. The van der Waals surface area contributed by atoms with Gasteiger partial charge in [0.15, 0.2) is 0 Å². The summed E-state index contributed by atoms with van der Waals surface area (Å²) in [5.41, 5.74) is 1.85. The second-order valence-electron chi connectivity index (χ2n) is 7.01. The molecule has 0 spiro atoms. The number of nitrogens with one attached hydrogen (secondary N) is 2. The third-order valence-electron chi connectivity index (χ3n) is 4.15. The van der Waals surface area contributed by atoms with Gasteiger partial charge in [0.05, 0.1) is 17.6 Å². The largest absolute Gasteiger partial charge is 0.465 e. The van der Waals surface area contributed by atoms with E-state index in [4.69, 9.17) is 0 Å². The van der Waals surface area contributed by atoms with Crippen molar-refractivity contribution in [3.8, 4) is 0 Å². The molecule has 0 aliphatic carbocycles. The van der Waals surface area contributed by atoms with Crippen molar-refractivity contribution in [3.63, 3.8) is 0 Å². The molecular weight excluding hydrogens is 392 g/mol. The van der Waals surface area contributed by atoms with Gasteiger partial charge in [-0.2, -0.15) is 0 Å². The Morgan fingerprint density at radius 1 is 1.00 bits per heavy atom. The lowest BCUT2D eigenvalue weighted by Gasteiger charge is -2.10. The van der Waals surface area contributed by atoms with Gasteiger partial charge in [-0.05, 0) is 54.3 Å². The highest BCUT2D eigenvalue weighted by molar-refractivity contribution is 7.89. The molecule has 1 amide bonds. The molecule has 2 aromatic carbocycles. The van der Waals surface area contributed by atoms with Gasteiger partial charge in [0.1, 0.15) is 0 Å². The maximum absolute atomic E-state index is 12.2. The lowest BCUT2D eigenvalue weighted by Crippen LogP contribution is -2.27. The predicted octanol–water partition coefficient (Wildman–Crippen LogP) is 2.98. The lowest BCUT2D eigenvalue weighted by molar-refractivity contribution is -0.116. The zero-order valence-electron chi connectivity index (χ0n) is 16.8. The van der Waals surface area contributed by atoms with Crippen LogP contribution in [0, 0.1) is 5.92 Å². The number of aryl methyl sites for hydroxylation is 1. The van der Waals surface area contributed by atoms with Crippen LogP contribution in [-0.2, 0) is 26.0 Å². The topological polar surface area (TPSA) is 102 Å². The van der Waals surface area contributed by atoms with Gasteiger partial charge in [-0.3, -0.25) is 4.79 Å². The fourth-order valence-electron chi connectivity index (χ4n) is 2.48. The number of esters is 1. The Morgan fingerprint density at radius 2 is 1.62 bits per heavy atom. The molecule has 2 aromatic rings. The average Bonchev–Trinajstić information content (AvgIpc) is 2.71. The van der Waals surface area contributed by atoms with Crippen LogP contribution in [0.25, 0.3) is 0 Å². The van der Waals surface area contributed by atoms with Crippen molar-refractivity contribution >= 4 is 27.6 Å². The fourth-order valence-corrected chi connectivity index (χ4v) is 3.70. The molecule has 29 heavy (non-hydrogen) atoms. The van der Waals surface area contributed by atoms with Crippen LogP contribution in [0.1, 0.15) is 36.2 Å². The molecule has 156 valence electrons. The summed E-state index contributed by atoms with van der Waals surface area (Å²) in [5.74, 6) is -0.391. The van der Waals surface area contributed by atoms with Gasteiger partial charge >= 0.3 is 5.97 Å². The van der Waals surface area contributed by atoms with Crippen LogP contribution in [-0.4, -0.2) is 33.9 Å². The quantitative estimate of drug-likeness (QED) is 0.610. The first-order valence-electron chi connectivity index (χ1n) is 9.28. The van der Waals surface area contributed by atoms with E-state index in [1.807, 2.05) is 13.8 Å². The standard InChI is InChI=1S/C21H26N2O5S/c1-15(2)14-22-29(26,27)19-11-4-16(5-12-19)6-13-20(24)23-18-9-7-17(8-10-18)21(25)28-3/h4-5,7-12,15,22H,6,13-14H2,1-3H3,(H,23,24). The minimum Gasteiger partial charge on any atom is -0.465 e. The van der Waals surface area contributed by atoms with E-state index >= 15 is 0 Å². The van der Waals surface area contributed by atoms with E-state index in [1.54, 1.807) is 48.5 Å². The van der Waals surface area contributed by atoms with Crippen LogP contribution < -0.4 is 10.0 Å². The molecular formula is C21H26N2O5S. The summed E-state index contributed by atoms with van der Waals surface area (Å²) in [7, 11) is -2.21. The monoisotopic (exact) mass is 418 g/mol. The molecule has 7 nitrogen and oxygen atoms in total. The minimum atomic E-state index is -3.52. The van der Waals surface area contributed by atoms with Crippen LogP contribution in [0.5, 0.6) is 0 Å². The van der Waals surface area contributed by atoms with Crippen molar-refractivity contribution in [1.82, 2.24) is 4.72 Å². The number of hydrogen-bond donors (Lipinski definition) is 2. The molecule has 0 aliphatic rings. The molecule has 0 fully saturated rings. The molecule has 0 unspecified atom stereocenters. The Balaban J connectivity index is 1.88. The summed E-state index contributed by atoms with van der Waals surface area (Å²) >= 11 is 0. The first-order valence-corrected chi connectivity index (χ1v) is 10.8. The molecule has 2 rings (SSSR count). The third-order valence-corrected chi connectivity index (χ3v) is 5.59. The predicted molar refractivity (Wildman–Crippen MR) is 111 cm³/mol. The Hall–Kier alpha value is -2.71. The second kappa shape index (κ2) is 10.2. The van der Waals surface area contributed by atoms with Crippen LogP contribution in [0.2, 0.25) is 0 Å². The maximum atomic E-state index is 12.2. The first kappa shape index (κ1) is 22.6. The molecule has 0 saturated heterocycles. The van der Waals surface area contributed by atoms with Crippen LogP contribution in [0.15, 0.2) is 53.4 Å². The van der Waals surface area contributed by atoms with Gasteiger partial charge in [-0.25, -0.2) is 17.9 Å². The fraction of sp³-hybridized carbons (Fsp3) is 0.333. The Bertz CT molecular complexity index is 936. The second-order valence-corrected chi connectivity index (χ2v) is 8.77. The van der Waals surface area contributed by atoms with Gasteiger partial charge < -0.3 is 10.1 Å². The van der Waals surface area contributed by atoms with E-state index in [1.165, 1.54) is 7.11 Å². The van der Waals surface area contributed by atoms with Gasteiger partial charge in [0.25, 0.3) is 0 Å². The van der Waals surface area contributed by atoms with E-state index in [2.05, 4.69) is 14.8 Å². The van der Waals surface area contributed by atoms with Crippen LogP contribution >= 0.6 is 0 Å². The molecule has 0 radical (unpaired) electrons. The number of sulfonamides is 1. The number of carbonyl (C=O) groups excluding carboxylic acids is 2. The number of carbonyl (C=O) groups is 2. The maximum Gasteiger partial charge on any atom is 0.337 e. The number of rotatable bonds is 9. The molecule has 0 aromatic heterocycles. The van der Waals surface area contributed by atoms with Crippen molar-refractivity contribution in [2.24, 2.45) is 5.92 Å². The molecule has 0 bridgehead atoms. The Kier molecular flexibility index (Phi) is 7.92. The number of ether oxygens (including phenoxy) is 1. The molecule has 0 aliphatic heterocycles. The number of anilines is 1. The van der Waals surface area contributed by atoms with E-state index in [-0.39, 0.29) is 23.1 Å². The van der Waals surface area contributed by atoms with Gasteiger partial charge in [0, 0.05) is 18.7 Å². The van der Waals surface area contributed by atoms with Gasteiger partial charge in [-0.1, -0.05) is 26.0 Å². The molecule has 2 N–H and O–H groups in total. The van der Waals surface area contributed by atoms with Crippen molar-refractivity contribution in [2.75, 3.05) is 19.0 Å². The number of hydrogen-bond acceptors (Lipinski definition) is 5. The van der Waals surface area contributed by atoms with Crippen LogP contribution in [0.3, 0.4) is 0 Å². The SMILES string of the molecule is COC(=O)c1ccc(NC(=O)CCc2ccc(S(=O)(=O)NCC(C)C)cc2)cc1. The van der Waals surface area contributed by atoms with Crippen molar-refractivity contribution in [1.29, 1.82) is 0 Å². The molecule has 0 saturated carbocycles. The van der Waals surface area contributed by atoms with E-state index in [0.29, 0.717) is 24.2 Å². The lowest BCUT2D eigenvalue weighted by atomic mass is 10.1. The minimum absolute atomic E-state index is 0.175. The van der Waals surface area contributed by atoms with Crippen molar-refractivity contribution in [3.05, 3.63) is 59.7 Å². The average molecular weight is 419 g/mol. The summed E-state index contributed by atoms with van der Waals surface area (Å²) in [6, 6.07) is 12.9. The molecule has 0 heterocycles. The Labute approximate surface area is 171 Å². The van der Waals surface area contributed by atoms with Gasteiger partial charge in [0.2, 0.25) is 15.9 Å². The highest BCUT2D eigenvalue weighted by Gasteiger charge is 2.14. The number of methoxy groups -OCH3 is 1. The number of amides is 1. The summed E-state index contributed by atoms with van der Waals surface area (Å²) < 4.78 is 31.6. The van der Waals surface area contributed by atoms with Crippen molar-refractivity contribution < 1.29 is 22.7 Å². The smallest absolute Gasteiger partial charge is 0.337 e. The summed E-state index contributed by atoms with van der Waals surface area (Å²) in [4.78, 5) is 23.7. The highest BCUT2D eigenvalue weighted by Crippen LogP contribution is 2.14. The first-order chi connectivity index (χ1) is 13.7. The molecule has 0 atom stereocenters. The van der Waals surface area contributed by atoms with Crippen molar-refractivity contribution in [2.45, 2.75) is 31.6 Å². The van der Waals surface area contributed by atoms with Crippen LogP contribution in [0.4, 0.5) is 5.69 Å². The normalized spacial score (nSPS) is 11.3. The highest BCUT2D eigenvalue weighted by atomic mass is 32.2. The number of benzene rings is 2. The van der Waals surface area contributed by atoms with E-state index in [0.717, 1.165) is 5.56 Å². The van der Waals surface area contributed by atoms with Gasteiger partial charge in [-0.15, -0.1) is 0 Å². The summed E-state index contributed by atoms with van der Waals surface area (Å²) in [5, 5.41) is 2.76. The molecule has 8 heteroatoms. The van der Waals surface area contributed by atoms with E-state index < -0.39 is 16.0 Å². The third kappa shape index (κ3) is 6.99. The summed E-state index contributed by atoms with van der Waals surface area (Å²) in [6.45, 7) is 4.25.